The minimum Gasteiger partial charge on any atom is -0.489 e. The van der Waals surface area contributed by atoms with Crippen molar-refractivity contribution in [3.63, 3.8) is 0 Å². The van der Waals surface area contributed by atoms with E-state index in [9.17, 15) is 9.18 Å². The Hall–Kier alpha value is -2.36. The van der Waals surface area contributed by atoms with E-state index in [1.165, 1.54) is 0 Å². The van der Waals surface area contributed by atoms with E-state index < -0.39 is 0 Å². The number of unbranched alkanes of at least 4 members (excludes halogenated alkanes) is 1. The van der Waals surface area contributed by atoms with E-state index in [2.05, 4.69) is 4.90 Å². The standard InChI is InChI=1S/C23H28FNO2/c1-18(26)8-5-6-9-19-13-14-20(16-23(19)24)25-15-7-12-22(17-25)27-21-10-3-2-4-11-21/h2-4,10-11,13-14,16,22H,5-9,12,15,17H2,1H3. The molecule has 3 rings (SSSR count). The van der Waals surface area contributed by atoms with Crippen molar-refractivity contribution in [2.45, 2.75) is 51.6 Å². The highest BCUT2D eigenvalue weighted by Crippen LogP contribution is 2.25. The third kappa shape index (κ3) is 5.81. The number of piperidine rings is 1. The van der Waals surface area contributed by atoms with Gasteiger partial charge in [0.15, 0.2) is 0 Å². The lowest BCUT2D eigenvalue weighted by molar-refractivity contribution is -0.117. The first kappa shape index (κ1) is 19.4. The van der Waals surface area contributed by atoms with E-state index in [1.807, 2.05) is 42.5 Å². The summed E-state index contributed by atoms with van der Waals surface area (Å²) in [6, 6.07) is 15.4. The molecule has 0 aliphatic carbocycles. The van der Waals surface area contributed by atoms with Crippen LogP contribution in [0.15, 0.2) is 48.5 Å². The molecule has 144 valence electrons. The Morgan fingerprint density at radius 1 is 1.19 bits per heavy atom. The average Bonchev–Trinajstić information content (AvgIpc) is 2.67. The van der Waals surface area contributed by atoms with Crippen LogP contribution in [0.5, 0.6) is 5.75 Å². The molecule has 1 heterocycles. The fourth-order valence-corrected chi connectivity index (χ4v) is 3.59. The summed E-state index contributed by atoms with van der Waals surface area (Å²) >= 11 is 0. The SMILES string of the molecule is CC(=O)CCCCc1ccc(N2CCCC(Oc3ccccc3)C2)cc1F. The Kier molecular flexibility index (Phi) is 6.86. The van der Waals surface area contributed by atoms with Gasteiger partial charge in [0.1, 0.15) is 23.5 Å². The number of rotatable bonds is 8. The minimum atomic E-state index is -0.151. The smallest absolute Gasteiger partial charge is 0.129 e. The van der Waals surface area contributed by atoms with Crippen LogP contribution in [0.2, 0.25) is 0 Å². The van der Waals surface area contributed by atoms with Crippen LogP contribution in [-0.4, -0.2) is 25.0 Å². The summed E-state index contributed by atoms with van der Waals surface area (Å²) in [6.07, 6.45) is 5.09. The van der Waals surface area contributed by atoms with Gasteiger partial charge in [-0.05, 0) is 68.9 Å². The van der Waals surface area contributed by atoms with Crippen molar-refractivity contribution >= 4 is 11.5 Å². The molecule has 1 aliphatic heterocycles. The molecule has 1 aliphatic rings. The second-order valence-electron chi connectivity index (χ2n) is 7.33. The van der Waals surface area contributed by atoms with Gasteiger partial charge in [0.2, 0.25) is 0 Å². The molecule has 0 saturated carbocycles. The van der Waals surface area contributed by atoms with Crippen LogP contribution in [-0.2, 0) is 11.2 Å². The summed E-state index contributed by atoms with van der Waals surface area (Å²) in [5, 5.41) is 0. The van der Waals surface area contributed by atoms with Crippen LogP contribution in [0, 0.1) is 5.82 Å². The summed E-state index contributed by atoms with van der Waals surface area (Å²) in [4.78, 5) is 13.2. The van der Waals surface area contributed by atoms with Gasteiger partial charge < -0.3 is 14.4 Å². The number of Topliss-reactive ketones (excluding diaryl/α,β-unsaturated/α-hetero) is 1. The number of para-hydroxylation sites is 1. The van der Waals surface area contributed by atoms with Crippen molar-refractivity contribution in [1.82, 2.24) is 0 Å². The van der Waals surface area contributed by atoms with Crippen molar-refractivity contribution in [1.29, 1.82) is 0 Å². The van der Waals surface area contributed by atoms with Crippen LogP contribution >= 0.6 is 0 Å². The van der Waals surface area contributed by atoms with Crippen molar-refractivity contribution < 1.29 is 13.9 Å². The Balaban J connectivity index is 1.57. The van der Waals surface area contributed by atoms with Gasteiger partial charge in [-0.1, -0.05) is 24.3 Å². The molecule has 4 heteroatoms. The maximum atomic E-state index is 14.5. The molecule has 2 aromatic carbocycles. The number of carbonyl (C=O) groups excluding carboxylic acids is 1. The molecule has 3 nitrogen and oxygen atoms in total. The number of ether oxygens (including phenoxy) is 1. The zero-order valence-corrected chi connectivity index (χ0v) is 16.0. The molecule has 0 amide bonds. The van der Waals surface area contributed by atoms with Crippen LogP contribution < -0.4 is 9.64 Å². The molecule has 1 unspecified atom stereocenters. The Bertz CT molecular complexity index is 747. The van der Waals surface area contributed by atoms with Gasteiger partial charge in [-0.2, -0.15) is 0 Å². The van der Waals surface area contributed by atoms with E-state index in [1.54, 1.807) is 13.0 Å². The van der Waals surface area contributed by atoms with Crippen molar-refractivity contribution in [3.05, 3.63) is 59.9 Å². The maximum absolute atomic E-state index is 14.5. The van der Waals surface area contributed by atoms with Gasteiger partial charge in [0.05, 0.1) is 6.54 Å². The molecule has 1 atom stereocenters. The normalized spacial score (nSPS) is 17.0. The van der Waals surface area contributed by atoms with Crippen LogP contribution in [0.4, 0.5) is 10.1 Å². The van der Waals surface area contributed by atoms with Crippen LogP contribution in [0.25, 0.3) is 0 Å². The predicted octanol–water partition coefficient (Wildman–Crippen LogP) is 5.18. The Morgan fingerprint density at radius 2 is 2.00 bits per heavy atom. The fourth-order valence-electron chi connectivity index (χ4n) is 3.59. The van der Waals surface area contributed by atoms with Gasteiger partial charge in [-0.25, -0.2) is 4.39 Å². The number of carbonyl (C=O) groups is 1. The lowest BCUT2D eigenvalue weighted by Gasteiger charge is -2.34. The molecule has 2 aromatic rings. The van der Waals surface area contributed by atoms with Crippen molar-refractivity contribution in [3.8, 4) is 5.75 Å². The third-order valence-corrected chi connectivity index (χ3v) is 5.05. The first-order chi connectivity index (χ1) is 13.1. The highest BCUT2D eigenvalue weighted by molar-refractivity contribution is 5.75. The molecule has 1 fully saturated rings. The summed E-state index contributed by atoms with van der Waals surface area (Å²) in [5.74, 6) is 0.932. The second kappa shape index (κ2) is 9.54. The molecule has 0 spiro atoms. The number of benzene rings is 2. The number of hydrogen-bond acceptors (Lipinski definition) is 3. The third-order valence-electron chi connectivity index (χ3n) is 5.05. The second-order valence-corrected chi connectivity index (χ2v) is 7.33. The van der Waals surface area contributed by atoms with Gasteiger partial charge in [0.25, 0.3) is 0 Å². The first-order valence-electron chi connectivity index (χ1n) is 9.86. The molecular weight excluding hydrogens is 341 g/mol. The van der Waals surface area contributed by atoms with Crippen LogP contribution in [0.3, 0.4) is 0 Å². The minimum absolute atomic E-state index is 0.121. The van der Waals surface area contributed by atoms with Crippen molar-refractivity contribution in [2.24, 2.45) is 0 Å². The van der Waals surface area contributed by atoms with Gasteiger partial charge in [0, 0.05) is 18.7 Å². The Labute approximate surface area is 161 Å². The highest BCUT2D eigenvalue weighted by Gasteiger charge is 2.22. The molecule has 0 aromatic heterocycles. The highest BCUT2D eigenvalue weighted by atomic mass is 19.1. The quantitative estimate of drug-likeness (QED) is 0.601. The number of nitrogens with zero attached hydrogens (tertiary/aromatic N) is 1. The van der Waals surface area contributed by atoms with E-state index >= 15 is 0 Å². The maximum Gasteiger partial charge on any atom is 0.129 e. The van der Waals surface area contributed by atoms with E-state index in [-0.39, 0.29) is 17.7 Å². The van der Waals surface area contributed by atoms with Gasteiger partial charge in [-0.3, -0.25) is 0 Å². The number of hydrogen-bond donors (Lipinski definition) is 0. The zero-order valence-electron chi connectivity index (χ0n) is 16.0. The van der Waals surface area contributed by atoms with Crippen LogP contribution in [0.1, 0.15) is 44.6 Å². The summed E-state index contributed by atoms with van der Waals surface area (Å²) in [5.41, 5.74) is 1.65. The Morgan fingerprint density at radius 3 is 2.74 bits per heavy atom. The first-order valence-corrected chi connectivity index (χ1v) is 9.86. The molecule has 27 heavy (non-hydrogen) atoms. The van der Waals surface area contributed by atoms with Gasteiger partial charge >= 0.3 is 0 Å². The molecule has 1 saturated heterocycles. The lowest BCUT2D eigenvalue weighted by Crippen LogP contribution is -2.41. The van der Waals surface area contributed by atoms with E-state index in [4.69, 9.17) is 4.74 Å². The monoisotopic (exact) mass is 369 g/mol. The summed E-state index contributed by atoms with van der Waals surface area (Å²) in [7, 11) is 0. The predicted molar refractivity (Wildman–Crippen MR) is 107 cm³/mol. The lowest BCUT2D eigenvalue weighted by atomic mass is 10.0. The summed E-state index contributed by atoms with van der Waals surface area (Å²) in [6.45, 7) is 3.29. The number of ketones is 1. The molecule has 0 radical (unpaired) electrons. The van der Waals surface area contributed by atoms with Crippen molar-refractivity contribution in [2.75, 3.05) is 18.0 Å². The average molecular weight is 369 g/mol. The molecule has 0 N–H and O–H groups in total. The topological polar surface area (TPSA) is 29.5 Å². The zero-order chi connectivity index (χ0) is 19.1. The number of anilines is 1. The molecular formula is C23H28FNO2. The van der Waals surface area contributed by atoms with E-state index in [0.29, 0.717) is 12.8 Å². The molecule has 0 bridgehead atoms. The van der Waals surface area contributed by atoms with E-state index in [0.717, 1.165) is 55.8 Å². The van der Waals surface area contributed by atoms with Gasteiger partial charge in [-0.15, -0.1) is 0 Å². The number of aryl methyl sites for hydroxylation is 1. The fraction of sp³-hybridized carbons (Fsp3) is 0.435. The number of halogens is 1. The summed E-state index contributed by atoms with van der Waals surface area (Å²) < 4.78 is 20.6. The largest absolute Gasteiger partial charge is 0.489 e.